The van der Waals surface area contributed by atoms with E-state index in [1.165, 1.54) is 30.5 Å². The minimum Gasteiger partial charge on any atom is -0.466 e. The lowest BCUT2D eigenvalue weighted by Gasteiger charge is -2.36. The molecule has 2 N–H and O–H groups in total. The smallest absolute Gasteiger partial charge is 0.355 e. The van der Waals surface area contributed by atoms with Crippen molar-refractivity contribution in [2.75, 3.05) is 19.1 Å². The number of aromatic nitrogens is 2. The summed E-state index contributed by atoms with van der Waals surface area (Å²) in [6.45, 7) is 0. The van der Waals surface area contributed by atoms with Crippen LogP contribution < -0.4 is 10.6 Å². The standard InChI is InChI=1S/C28H21N5O4S/c1-36-27(34)22-21(16-8-4-3-5-9-16)19(15-29)24(30)33(23(22)28(35)37-2)18-11-6-10-17(14-18)25-32-20-12-7-13-31-26(20)38-25/h3-14,21H,30H2,1-2H3. The lowest BCUT2D eigenvalue weighted by molar-refractivity contribution is -0.139. The molecule has 1 atom stereocenters. The first-order valence-electron chi connectivity index (χ1n) is 11.5. The predicted molar refractivity (Wildman–Crippen MR) is 142 cm³/mol. The Morgan fingerprint density at radius 2 is 1.79 bits per heavy atom. The summed E-state index contributed by atoms with van der Waals surface area (Å²) in [7, 11) is 2.43. The van der Waals surface area contributed by atoms with E-state index >= 15 is 0 Å². The molecule has 1 aliphatic heterocycles. The highest BCUT2D eigenvalue weighted by Crippen LogP contribution is 2.43. The average molecular weight is 524 g/mol. The van der Waals surface area contributed by atoms with Gasteiger partial charge in [-0.2, -0.15) is 5.26 Å². The summed E-state index contributed by atoms with van der Waals surface area (Å²) < 4.78 is 10.2. The lowest BCUT2D eigenvalue weighted by atomic mass is 9.81. The number of pyridine rings is 1. The number of esters is 2. The van der Waals surface area contributed by atoms with Gasteiger partial charge in [-0.1, -0.05) is 53.8 Å². The third kappa shape index (κ3) is 4.15. The van der Waals surface area contributed by atoms with Crippen LogP contribution in [0.25, 0.3) is 20.9 Å². The molecule has 2 aromatic heterocycles. The Labute approximate surface area is 222 Å². The van der Waals surface area contributed by atoms with Crippen LogP contribution in [-0.4, -0.2) is 36.1 Å². The summed E-state index contributed by atoms with van der Waals surface area (Å²) in [5, 5.41) is 10.9. The van der Waals surface area contributed by atoms with Gasteiger partial charge in [-0.3, -0.25) is 4.90 Å². The van der Waals surface area contributed by atoms with Gasteiger partial charge in [0.25, 0.3) is 0 Å². The SMILES string of the molecule is COC(=O)C1=C(C(=O)OC)N(c2cccc(-c3nc4cccnc4s3)c2)C(N)=C(C#N)C1c1ccccc1. The molecule has 4 aromatic rings. The monoisotopic (exact) mass is 523 g/mol. The fourth-order valence-corrected chi connectivity index (χ4v) is 5.36. The van der Waals surface area contributed by atoms with Gasteiger partial charge in [0.15, 0.2) is 0 Å². The number of carbonyl (C=O) groups is 2. The Morgan fingerprint density at radius 1 is 1.03 bits per heavy atom. The van der Waals surface area contributed by atoms with Crippen molar-refractivity contribution in [2.24, 2.45) is 5.73 Å². The second kappa shape index (κ2) is 10.2. The highest BCUT2D eigenvalue weighted by Gasteiger charge is 2.43. The van der Waals surface area contributed by atoms with Crippen LogP contribution in [0.5, 0.6) is 0 Å². The van der Waals surface area contributed by atoms with E-state index in [0.29, 0.717) is 16.3 Å². The molecule has 0 saturated carbocycles. The van der Waals surface area contributed by atoms with Crippen LogP contribution in [0.15, 0.2) is 95.6 Å². The predicted octanol–water partition coefficient (Wildman–Crippen LogP) is 4.26. The Balaban J connectivity index is 1.75. The third-order valence-corrected chi connectivity index (χ3v) is 7.16. The zero-order valence-electron chi connectivity index (χ0n) is 20.4. The molecule has 9 nitrogen and oxygen atoms in total. The maximum Gasteiger partial charge on any atom is 0.355 e. The number of benzene rings is 2. The maximum atomic E-state index is 13.3. The summed E-state index contributed by atoms with van der Waals surface area (Å²) in [6, 6.07) is 21.9. The van der Waals surface area contributed by atoms with E-state index in [2.05, 4.69) is 16.0 Å². The van der Waals surface area contributed by atoms with Gasteiger partial charge in [0.05, 0.1) is 37.4 Å². The fraction of sp³-hybridized carbons (Fsp3) is 0.107. The summed E-state index contributed by atoms with van der Waals surface area (Å²) >= 11 is 1.42. The van der Waals surface area contributed by atoms with Crippen LogP contribution >= 0.6 is 11.3 Å². The molecule has 0 aliphatic carbocycles. The van der Waals surface area contributed by atoms with Gasteiger partial charge >= 0.3 is 11.9 Å². The quantitative estimate of drug-likeness (QED) is 0.381. The molecule has 10 heteroatoms. The summed E-state index contributed by atoms with van der Waals surface area (Å²) in [4.78, 5) is 37.6. The molecule has 1 aliphatic rings. The third-order valence-electron chi connectivity index (χ3n) is 6.13. The largest absolute Gasteiger partial charge is 0.466 e. The van der Waals surface area contributed by atoms with Crippen LogP contribution in [0.4, 0.5) is 5.69 Å². The van der Waals surface area contributed by atoms with Gasteiger partial charge < -0.3 is 15.2 Å². The molecule has 0 saturated heterocycles. The first-order chi connectivity index (χ1) is 18.5. The molecule has 0 spiro atoms. The lowest BCUT2D eigenvalue weighted by Crippen LogP contribution is -2.40. The normalized spacial score (nSPS) is 15.4. The molecule has 2 aromatic carbocycles. The minimum absolute atomic E-state index is 0.00229. The Hall–Kier alpha value is -5.01. The number of fused-ring (bicyclic) bond motifs is 1. The maximum absolute atomic E-state index is 13.3. The van der Waals surface area contributed by atoms with Gasteiger partial charge in [-0.05, 0) is 29.8 Å². The van der Waals surface area contributed by atoms with E-state index in [-0.39, 0.29) is 22.7 Å². The number of anilines is 1. The van der Waals surface area contributed by atoms with E-state index in [1.807, 2.05) is 24.3 Å². The number of hydrogen-bond acceptors (Lipinski definition) is 10. The van der Waals surface area contributed by atoms with Gasteiger partial charge in [0.1, 0.15) is 26.9 Å². The number of methoxy groups -OCH3 is 2. The van der Waals surface area contributed by atoms with Gasteiger partial charge in [0.2, 0.25) is 0 Å². The molecule has 0 fully saturated rings. The fourth-order valence-electron chi connectivity index (χ4n) is 4.45. The van der Waals surface area contributed by atoms with E-state index in [9.17, 15) is 14.9 Å². The van der Waals surface area contributed by atoms with Gasteiger partial charge in [-0.15, -0.1) is 0 Å². The van der Waals surface area contributed by atoms with E-state index in [4.69, 9.17) is 15.2 Å². The first-order valence-corrected chi connectivity index (χ1v) is 12.3. The summed E-state index contributed by atoms with van der Waals surface area (Å²) in [5.74, 6) is -2.52. The average Bonchev–Trinajstić information content (AvgIpc) is 3.40. The molecule has 38 heavy (non-hydrogen) atoms. The number of hydrogen-bond donors (Lipinski definition) is 1. The van der Waals surface area contributed by atoms with Crippen molar-refractivity contribution in [1.82, 2.24) is 9.97 Å². The number of thiazole rings is 1. The second-order valence-corrected chi connectivity index (χ2v) is 9.21. The molecule has 5 rings (SSSR count). The summed E-state index contributed by atoms with van der Waals surface area (Å²) in [5.41, 5.74) is 9.05. The number of ether oxygens (including phenoxy) is 2. The number of nitriles is 1. The van der Waals surface area contributed by atoms with Crippen molar-refractivity contribution < 1.29 is 19.1 Å². The van der Waals surface area contributed by atoms with Crippen molar-refractivity contribution >= 4 is 39.3 Å². The topological polar surface area (TPSA) is 131 Å². The van der Waals surface area contributed by atoms with E-state index in [1.54, 1.807) is 48.7 Å². The molecule has 0 bridgehead atoms. The van der Waals surface area contributed by atoms with Crippen LogP contribution in [0.2, 0.25) is 0 Å². The molecule has 188 valence electrons. The number of nitrogens with two attached hydrogens (primary N) is 1. The number of allylic oxidation sites excluding steroid dienone is 1. The molecular weight excluding hydrogens is 502 g/mol. The Bertz CT molecular complexity index is 1640. The zero-order chi connectivity index (χ0) is 26.8. The van der Waals surface area contributed by atoms with E-state index in [0.717, 1.165) is 15.9 Å². The Kier molecular flexibility index (Phi) is 6.60. The van der Waals surface area contributed by atoms with Crippen LogP contribution in [-0.2, 0) is 19.1 Å². The van der Waals surface area contributed by atoms with Crippen molar-refractivity contribution in [3.8, 4) is 16.6 Å². The van der Waals surface area contributed by atoms with Crippen LogP contribution in [0.3, 0.4) is 0 Å². The molecular formula is C28H21N5O4S. The number of nitrogens with zero attached hydrogens (tertiary/aromatic N) is 4. The van der Waals surface area contributed by atoms with Crippen molar-refractivity contribution in [2.45, 2.75) is 5.92 Å². The minimum atomic E-state index is -0.933. The molecule has 0 radical (unpaired) electrons. The highest BCUT2D eigenvalue weighted by atomic mass is 32.1. The van der Waals surface area contributed by atoms with Gasteiger partial charge in [0, 0.05) is 17.4 Å². The number of rotatable bonds is 5. The van der Waals surface area contributed by atoms with Gasteiger partial charge in [-0.25, -0.2) is 19.6 Å². The molecule has 1 unspecified atom stereocenters. The summed E-state index contributed by atoms with van der Waals surface area (Å²) in [6.07, 6.45) is 1.70. The molecule has 3 heterocycles. The Morgan fingerprint density at radius 3 is 2.47 bits per heavy atom. The highest BCUT2D eigenvalue weighted by molar-refractivity contribution is 7.21. The second-order valence-electron chi connectivity index (χ2n) is 8.23. The van der Waals surface area contributed by atoms with Crippen LogP contribution in [0.1, 0.15) is 11.5 Å². The van der Waals surface area contributed by atoms with E-state index < -0.39 is 17.9 Å². The molecule has 0 amide bonds. The van der Waals surface area contributed by atoms with Crippen molar-refractivity contribution in [3.63, 3.8) is 0 Å². The van der Waals surface area contributed by atoms with Crippen molar-refractivity contribution in [1.29, 1.82) is 5.26 Å². The van der Waals surface area contributed by atoms with Crippen LogP contribution in [0, 0.1) is 11.3 Å². The zero-order valence-corrected chi connectivity index (χ0v) is 21.2. The van der Waals surface area contributed by atoms with Crippen molar-refractivity contribution in [3.05, 3.63) is 101 Å². The number of carbonyl (C=O) groups excluding carboxylic acids is 2. The first kappa shape index (κ1) is 24.7.